The Balaban J connectivity index is 2.48. The summed E-state index contributed by atoms with van der Waals surface area (Å²) < 4.78 is 5.41. The summed E-state index contributed by atoms with van der Waals surface area (Å²) in [6, 6.07) is 8.54. The zero-order chi connectivity index (χ0) is 19.3. The molecule has 1 atom stereocenters. The number of carbonyl (C=O) groups is 2. The summed E-state index contributed by atoms with van der Waals surface area (Å²) in [7, 11) is 1.49. The van der Waals surface area contributed by atoms with E-state index < -0.39 is 11.8 Å². The Morgan fingerprint density at radius 3 is 2.54 bits per heavy atom. The summed E-state index contributed by atoms with van der Waals surface area (Å²) in [5.74, 6) is -1.26. The lowest BCUT2D eigenvalue weighted by Crippen LogP contribution is -2.32. The first kappa shape index (κ1) is 19.4. The number of ketones is 1. The predicted octanol–water partition coefficient (Wildman–Crippen LogP) is 3.64. The van der Waals surface area contributed by atoms with Crippen molar-refractivity contribution < 1.29 is 19.4 Å². The van der Waals surface area contributed by atoms with Gasteiger partial charge in [0.2, 0.25) is 5.78 Å². The number of carbonyl (C=O) groups excluding carboxylic acids is 1. The first-order chi connectivity index (χ1) is 12.4. The Labute approximate surface area is 153 Å². The number of aromatic carboxylic acids is 1. The zero-order valence-corrected chi connectivity index (χ0v) is 15.5. The van der Waals surface area contributed by atoms with Gasteiger partial charge in [-0.25, -0.2) is 4.79 Å². The third kappa shape index (κ3) is 3.85. The summed E-state index contributed by atoms with van der Waals surface area (Å²) in [5, 5.41) is 9.29. The zero-order valence-electron chi connectivity index (χ0n) is 15.5. The van der Waals surface area contributed by atoms with Gasteiger partial charge in [-0.2, -0.15) is 0 Å². The lowest BCUT2D eigenvalue weighted by Gasteiger charge is -2.30. The number of carboxylic acid groups (broad SMARTS) is 1. The Bertz CT molecular complexity index is 804. The van der Waals surface area contributed by atoms with E-state index in [0.717, 1.165) is 18.7 Å². The number of carboxylic acids is 1. The number of benzene rings is 1. The molecule has 0 saturated carbocycles. The van der Waals surface area contributed by atoms with Crippen LogP contribution in [-0.4, -0.2) is 41.5 Å². The monoisotopic (exact) mass is 356 g/mol. The largest absolute Gasteiger partial charge is 0.496 e. The molecule has 1 unspecified atom stereocenters. The first-order valence-corrected chi connectivity index (χ1v) is 8.62. The molecule has 1 heterocycles. The van der Waals surface area contributed by atoms with Crippen molar-refractivity contribution in [3.63, 3.8) is 0 Å². The lowest BCUT2D eigenvalue weighted by molar-refractivity contribution is 0.0692. The van der Waals surface area contributed by atoms with Crippen LogP contribution in [-0.2, 0) is 0 Å². The summed E-state index contributed by atoms with van der Waals surface area (Å²) in [6.07, 6.45) is 2.40. The SMILES string of the molecule is CCC(C)N(CC)c1ccc(C(=O)c2ncccc2C(=O)O)c(OC)c1. The van der Waals surface area contributed by atoms with Crippen molar-refractivity contribution in [1.82, 2.24) is 4.98 Å². The average molecular weight is 356 g/mol. The summed E-state index contributed by atoms with van der Waals surface area (Å²) in [6.45, 7) is 7.17. The molecule has 2 rings (SSSR count). The van der Waals surface area contributed by atoms with Crippen molar-refractivity contribution in [3.8, 4) is 5.75 Å². The fourth-order valence-electron chi connectivity index (χ4n) is 2.90. The molecule has 6 nitrogen and oxygen atoms in total. The molecule has 0 aliphatic carbocycles. The summed E-state index contributed by atoms with van der Waals surface area (Å²) >= 11 is 0. The third-order valence-corrected chi connectivity index (χ3v) is 4.48. The Morgan fingerprint density at radius 1 is 1.23 bits per heavy atom. The minimum absolute atomic E-state index is 0.0969. The Kier molecular flexibility index (Phi) is 6.33. The molecular weight excluding hydrogens is 332 g/mol. The Morgan fingerprint density at radius 2 is 1.96 bits per heavy atom. The second-order valence-electron chi connectivity index (χ2n) is 5.96. The van der Waals surface area contributed by atoms with E-state index in [-0.39, 0.29) is 16.8 Å². The number of pyridine rings is 1. The van der Waals surface area contributed by atoms with E-state index in [1.807, 2.05) is 12.1 Å². The molecule has 2 aromatic rings. The van der Waals surface area contributed by atoms with Crippen LogP contribution in [0.25, 0.3) is 0 Å². The molecule has 0 amide bonds. The van der Waals surface area contributed by atoms with E-state index in [4.69, 9.17) is 4.74 Å². The molecule has 1 aromatic heterocycles. The molecule has 0 bridgehead atoms. The standard InChI is InChI=1S/C20H24N2O4/c1-5-13(3)22(6-2)14-9-10-15(17(12-14)26-4)19(23)18-16(20(24)25)8-7-11-21-18/h7-13H,5-6H2,1-4H3,(H,24,25). The molecule has 0 aliphatic rings. The van der Waals surface area contributed by atoms with Crippen LogP contribution < -0.4 is 9.64 Å². The van der Waals surface area contributed by atoms with Crippen molar-refractivity contribution in [1.29, 1.82) is 0 Å². The highest BCUT2D eigenvalue weighted by atomic mass is 16.5. The predicted molar refractivity (Wildman–Crippen MR) is 100 cm³/mol. The van der Waals surface area contributed by atoms with E-state index >= 15 is 0 Å². The number of methoxy groups -OCH3 is 1. The molecule has 0 saturated heterocycles. The van der Waals surface area contributed by atoms with Gasteiger partial charge in [-0.15, -0.1) is 0 Å². The smallest absolute Gasteiger partial charge is 0.338 e. The first-order valence-electron chi connectivity index (χ1n) is 8.62. The van der Waals surface area contributed by atoms with Crippen molar-refractivity contribution in [3.05, 3.63) is 53.3 Å². The Hall–Kier alpha value is -2.89. The van der Waals surface area contributed by atoms with Gasteiger partial charge in [0.1, 0.15) is 11.4 Å². The van der Waals surface area contributed by atoms with E-state index in [9.17, 15) is 14.7 Å². The normalized spacial score (nSPS) is 11.7. The number of rotatable bonds is 8. The molecule has 0 fully saturated rings. The number of anilines is 1. The highest BCUT2D eigenvalue weighted by Gasteiger charge is 2.23. The van der Waals surface area contributed by atoms with Gasteiger partial charge >= 0.3 is 5.97 Å². The van der Waals surface area contributed by atoms with Crippen LogP contribution in [0.15, 0.2) is 36.5 Å². The maximum absolute atomic E-state index is 12.9. The van der Waals surface area contributed by atoms with Crippen LogP contribution in [0.2, 0.25) is 0 Å². The topological polar surface area (TPSA) is 79.7 Å². The van der Waals surface area contributed by atoms with Crippen LogP contribution in [0, 0.1) is 0 Å². The lowest BCUT2D eigenvalue weighted by atomic mass is 10.0. The fourth-order valence-corrected chi connectivity index (χ4v) is 2.90. The van der Waals surface area contributed by atoms with Crippen LogP contribution in [0.5, 0.6) is 5.75 Å². The maximum atomic E-state index is 12.9. The maximum Gasteiger partial charge on any atom is 0.338 e. The van der Waals surface area contributed by atoms with Gasteiger partial charge < -0.3 is 14.7 Å². The van der Waals surface area contributed by atoms with Gasteiger partial charge in [0.15, 0.2) is 0 Å². The van der Waals surface area contributed by atoms with Crippen LogP contribution in [0.3, 0.4) is 0 Å². The van der Waals surface area contributed by atoms with Gasteiger partial charge in [-0.1, -0.05) is 6.92 Å². The van der Waals surface area contributed by atoms with E-state index in [2.05, 4.69) is 30.7 Å². The molecule has 6 heteroatoms. The number of hydrogen-bond acceptors (Lipinski definition) is 5. The van der Waals surface area contributed by atoms with Crippen molar-refractivity contribution in [2.45, 2.75) is 33.2 Å². The average Bonchev–Trinajstić information content (AvgIpc) is 2.67. The van der Waals surface area contributed by atoms with E-state index in [0.29, 0.717) is 11.8 Å². The van der Waals surface area contributed by atoms with Crippen LogP contribution in [0.1, 0.15) is 53.6 Å². The molecule has 1 N–H and O–H groups in total. The summed E-state index contributed by atoms with van der Waals surface area (Å²) in [4.78, 5) is 30.4. The molecule has 26 heavy (non-hydrogen) atoms. The molecule has 0 radical (unpaired) electrons. The quantitative estimate of drug-likeness (QED) is 0.727. The second kappa shape index (κ2) is 8.47. The van der Waals surface area contributed by atoms with Crippen LogP contribution in [0.4, 0.5) is 5.69 Å². The number of aromatic nitrogens is 1. The number of ether oxygens (including phenoxy) is 1. The molecule has 138 valence electrons. The van der Waals surface area contributed by atoms with Crippen molar-refractivity contribution >= 4 is 17.4 Å². The highest BCUT2D eigenvalue weighted by molar-refractivity contribution is 6.14. The van der Waals surface area contributed by atoms with Gasteiger partial charge in [-0.3, -0.25) is 9.78 Å². The number of hydrogen-bond donors (Lipinski definition) is 1. The van der Waals surface area contributed by atoms with Crippen LogP contribution >= 0.6 is 0 Å². The molecular formula is C20H24N2O4. The van der Waals surface area contributed by atoms with Crippen molar-refractivity contribution in [2.75, 3.05) is 18.6 Å². The molecule has 0 spiro atoms. The van der Waals surface area contributed by atoms with E-state index in [1.165, 1.54) is 25.4 Å². The molecule has 0 aliphatic heterocycles. The number of nitrogens with zero attached hydrogens (tertiary/aromatic N) is 2. The second-order valence-corrected chi connectivity index (χ2v) is 5.96. The fraction of sp³-hybridized carbons (Fsp3) is 0.350. The minimum Gasteiger partial charge on any atom is -0.496 e. The van der Waals surface area contributed by atoms with Gasteiger partial charge in [0.25, 0.3) is 0 Å². The van der Waals surface area contributed by atoms with Crippen molar-refractivity contribution in [2.24, 2.45) is 0 Å². The molecule has 1 aromatic carbocycles. The highest BCUT2D eigenvalue weighted by Crippen LogP contribution is 2.29. The summed E-state index contributed by atoms with van der Waals surface area (Å²) in [5.41, 5.74) is 1.02. The minimum atomic E-state index is -1.19. The van der Waals surface area contributed by atoms with E-state index in [1.54, 1.807) is 6.07 Å². The van der Waals surface area contributed by atoms with Gasteiger partial charge in [0, 0.05) is 30.5 Å². The van der Waals surface area contributed by atoms with Gasteiger partial charge in [-0.05, 0) is 44.5 Å². The van der Waals surface area contributed by atoms with Gasteiger partial charge in [0.05, 0.1) is 18.2 Å². The third-order valence-electron chi connectivity index (χ3n) is 4.48.